The molecular formula is C15H11F9O3. The van der Waals surface area contributed by atoms with E-state index < -0.39 is 42.5 Å². The third-order valence-corrected chi connectivity index (χ3v) is 3.11. The summed E-state index contributed by atoms with van der Waals surface area (Å²) in [5, 5.41) is 0. The summed E-state index contributed by atoms with van der Waals surface area (Å²) in [7, 11) is 0. The highest BCUT2D eigenvalue weighted by Crippen LogP contribution is 2.53. The van der Waals surface area contributed by atoms with Gasteiger partial charge in [-0.05, 0) is 11.6 Å². The van der Waals surface area contributed by atoms with Crippen molar-refractivity contribution in [2.45, 2.75) is 30.6 Å². The van der Waals surface area contributed by atoms with Gasteiger partial charge < -0.3 is 9.47 Å². The minimum absolute atomic E-state index is 0.305. The zero-order valence-corrected chi connectivity index (χ0v) is 13.1. The van der Waals surface area contributed by atoms with Crippen LogP contribution < -0.4 is 4.74 Å². The fourth-order valence-electron chi connectivity index (χ4n) is 1.69. The monoisotopic (exact) mass is 410 g/mol. The Morgan fingerprint density at radius 2 is 1.52 bits per heavy atom. The van der Waals surface area contributed by atoms with Crippen LogP contribution in [0, 0.1) is 0 Å². The van der Waals surface area contributed by atoms with Gasteiger partial charge in [0.2, 0.25) is 0 Å². The molecule has 27 heavy (non-hydrogen) atoms. The van der Waals surface area contributed by atoms with Crippen LogP contribution in [0.4, 0.5) is 39.5 Å². The van der Waals surface area contributed by atoms with Crippen molar-refractivity contribution >= 4 is 5.97 Å². The third kappa shape index (κ3) is 4.66. The molecule has 0 saturated carbocycles. The summed E-state index contributed by atoms with van der Waals surface area (Å²) in [6.07, 6.45) is -12.8. The molecule has 3 nitrogen and oxygen atoms in total. The standard InChI is InChI=1S/C15H11F9O3/c1-2-11(25)26-8-7-9-5-3-4-6-10(9)27-15(23,24)13(18,19)12(16,17)14(20,21)22/h2-6H,1,7-8H2. The van der Waals surface area contributed by atoms with Crippen molar-refractivity contribution in [3.8, 4) is 5.75 Å². The van der Waals surface area contributed by atoms with E-state index in [4.69, 9.17) is 0 Å². The lowest BCUT2D eigenvalue weighted by atomic mass is 10.1. The van der Waals surface area contributed by atoms with Crippen molar-refractivity contribution in [1.82, 2.24) is 0 Å². The molecule has 1 aromatic carbocycles. The van der Waals surface area contributed by atoms with Crippen LogP contribution in [0.1, 0.15) is 5.56 Å². The van der Waals surface area contributed by atoms with E-state index in [0.717, 1.165) is 18.2 Å². The van der Waals surface area contributed by atoms with Gasteiger partial charge in [-0.15, -0.1) is 0 Å². The van der Waals surface area contributed by atoms with Gasteiger partial charge in [-0.25, -0.2) is 4.79 Å². The second-order valence-electron chi connectivity index (χ2n) is 4.99. The number of ether oxygens (including phenoxy) is 2. The first-order valence-corrected chi connectivity index (χ1v) is 6.93. The Labute approximate surface area is 146 Å². The van der Waals surface area contributed by atoms with E-state index in [9.17, 15) is 44.3 Å². The Bertz CT molecular complexity index is 683. The van der Waals surface area contributed by atoms with Crippen LogP contribution in [0.2, 0.25) is 0 Å². The predicted molar refractivity (Wildman–Crippen MR) is 72.8 cm³/mol. The molecule has 0 fully saturated rings. The molecule has 152 valence electrons. The topological polar surface area (TPSA) is 35.5 Å². The van der Waals surface area contributed by atoms with Crippen LogP contribution in [0.15, 0.2) is 36.9 Å². The molecule has 1 rings (SSSR count). The molecule has 1 aromatic rings. The number of benzene rings is 1. The van der Waals surface area contributed by atoms with Crippen molar-refractivity contribution in [2.24, 2.45) is 0 Å². The second-order valence-corrected chi connectivity index (χ2v) is 4.99. The lowest BCUT2D eigenvalue weighted by Crippen LogP contribution is -2.62. The Hall–Kier alpha value is -2.40. The summed E-state index contributed by atoms with van der Waals surface area (Å²) in [6, 6.07) is 3.90. The maximum atomic E-state index is 13.5. The number of rotatable bonds is 8. The van der Waals surface area contributed by atoms with Crippen molar-refractivity contribution in [1.29, 1.82) is 0 Å². The lowest BCUT2D eigenvalue weighted by Gasteiger charge is -2.33. The summed E-state index contributed by atoms with van der Waals surface area (Å²) in [5.41, 5.74) is -0.305. The van der Waals surface area contributed by atoms with Crippen molar-refractivity contribution in [2.75, 3.05) is 6.61 Å². The molecule has 0 aliphatic heterocycles. The zero-order chi connectivity index (χ0) is 21.1. The number of hydrogen-bond acceptors (Lipinski definition) is 3. The minimum atomic E-state index is -7.06. The third-order valence-electron chi connectivity index (χ3n) is 3.11. The van der Waals surface area contributed by atoms with Gasteiger partial charge in [0, 0.05) is 12.5 Å². The van der Waals surface area contributed by atoms with Gasteiger partial charge in [0.1, 0.15) is 5.75 Å². The number of esters is 1. The maximum Gasteiger partial charge on any atom is 0.471 e. The SMILES string of the molecule is C=CC(=O)OCCc1ccccc1OC(F)(F)C(F)(F)C(F)(F)C(F)(F)F. The van der Waals surface area contributed by atoms with E-state index in [-0.39, 0.29) is 12.0 Å². The van der Waals surface area contributed by atoms with E-state index >= 15 is 0 Å². The van der Waals surface area contributed by atoms with Crippen LogP contribution in [-0.4, -0.2) is 36.7 Å². The van der Waals surface area contributed by atoms with Gasteiger partial charge in [-0.3, -0.25) is 0 Å². The molecule has 0 unspecified atom stereocenters. The number of para-hydroxylation sites is 1. The smallest absolute Gasteiger partial charge is 0.462 e. The zero-order valence-electron chi connectivity index (χ0n) is 13.1. The molecule has 0 spiro atoms. The lowest BCUT2D eigenvalue weighted by molar-refractivity contribution is -0.428. The highest BCUT2D eigenvalue weighted by molar-refractivity contribution is 5.81. The maximum absolute atomic E-state index is 13.5. The molecule has 12 heteroatoms. The quantitative estimate of drug-likeness (QED) is 0.352. The van der Waals surface area contributed by atoms with Crippen LogP contribution in [0.5, 0.6) is 5.75 Å². The van der Waals surface area contributed by atoms with Crippen LogP contribution in [-0.2, 0) is 16.0 Å². The number of carbonyl (C=O) groups excluding carboxylic acids is 1. The summed E-state index contributed by atoms with van der Waals surface area (Å²) in [4.78, 5) is 10.9. The largest absolute Gasteiger partial charge is 0.471 e. The summed E-state index contributed by atoms with van der Waals surface area (Å²) >= 11 is 0. The van der Waals surface area contributed by atoms with Gasteiger partial charge in [0.15, 0.2) is 0 Å². The Balaban J connectivity index is 3.09. The minimum Gasteiger partial charge on any atom is -0.462 e. The number of alkyl halides is 9. The molecule has 0 aliphatic rings. The van der Waals surface area contributed by atoms with E-state index in [0.29, 0.717) is 6.07 Å². The first kappa shape index (κ1) is 22.6. The molecule has 0 bridgehead atoms. The van der Waals surface area contributed by atoms with E-state index in [1.807, 2.05) is 0 Å². The second kappa shape index (κ2) is 7.69. The Morgan fingerprint density at radius 3 is 2.04 bits per heavy atom. The summed E-state index contributed by atoms with van der Waals surface area (Å²) in [6.45, 7) is 2.62. The molecular weight excluding hydrogens is 399 g/mol. The van der Waals surface area contributed by atoms with Crippen molar-refractivity contribution in [3.63, 3.8) is 0 Å². The highest BCUT2D eigenvalue weighted by atomic mass is 19.4. The average Bonchev–Trinajstić information content (AvgIpc) is 2.54. The number of hydrogen-bond donors (Lipinski definition) is 0. The molecule has 0 atom stereocenters. The van der Waals surface area contributed by atoms with E-state index in [1.165, 1.54) is 6.07 Å². The van der Waals surface area contributed by atoms with Crippen molar-refractivity contribution < 1.29 is 53.8 Å². The molecule has 0 heterocycles. The van der Waals surface area contributed by atoms with Gasteiger partial charge >= 0.3 is 30.1 Å². The van der Waals surface area contributed by atoms with Crippen LogP contribution in [0.25, 0.3) is 0 Å². The summed E-state index contributed by atoms with van der Waals surface area (Å²) in [5.74, 6) is -15.9. The Kier molecular flexibility index (Phi) is 6.45. The molecule has 0 saturated heterocycles. The van der Waals surface area contributed by atoms with Gasteiger partial charge in [-0.1, -0.05) is 24.8 Å². The Morgan fingerprint density at radius 1 is 0.963 bits per heavy atom. The van der Waals surface area contributed by atoms with E-state index in [1.54, 1.807) is 0 Å². The normalized spacial score (nSPS) is 13.2. The van der Waals surface area contributed by atoms with Gasteiger partial charge in [0.05, 0.1) is 6.61 Å². The fourth-order valence-corrected chi connectivity index (χ4v) is 1.69. The fraction of sp³-hybridized carbons (Fsp3) is 0.400. The highest BCUT2D eigenvalue weighted by Gasteiger charge is 2.83. The van der Waals surface area contributed by atoms with Gasteiger partial charge in [0.25, 0.3) is 0 Å². The molecule has 0 aliphatic carbocycles. The summed E-state index contributed by atoms with van der Waals surface area (Å²) < 4.78 is 124. The number of halogens is 9. The first-order valence-electron chi connectivity index (χ1n) is 6.93. The van der Waals surface area contributed by atoms with E-state index in [2.05, 4.69) is 16.1 Å². The van der Waals surface area contributed by atoms with Crippen molar-refractivity contribution in [3.05, 3.63) is 42.5 Å². The number of carbonyl (C=O) groups is 1. The molecule has 0 radical (unpaired) electrons. The van der Waals surface area contributed by atoms with Crippen LogP contribution >= 0.6 is 0 Å². The van der Waals surface area contributed by atoms with Gasteiger partial charge in [-0.2, -0.15) is 39.5 Å². The molecule has 0 amide bonds. The average molecular weight is 410 g/mol. The predicted octanol–water partition coefficient (Wildman–Crippen LogP) is 4.76. The molecule has 0 aromatic heterocycles. The van der Waals surface area contributed by atoms with Crippen LogP contribution in [0.3, 0.4) is 0 Å². The first-order chi connectivity index (χ1) is 12.2. The molecule has 0 N–H and O–H groups in total.